The number of aliphatic carboxylic acids is 1. The molecule has 1 atom stereocenters. The standard InChI is InChI=1S/C20H25N5O3/c1-14-13-21-15(2)18(22-14)24-8-10-25(11-9-24)20(28)23-17(19(26)27)12-16-6-4-3-5-7-16/h3-7,13,17H,8-12H2,1-2H3,(H,23,28)(H,26,27)/t17-/m0/s1. The zero-order chi connectivity index (χ0) is 20.1. The molecule has 2 aromatic rings. The largest absolute Gasteiger partial charge is 0.480 e. The van der Waals surface area contributed by atoms with Gasteiger partial charge in [0.05, 0.1) is 11.4 Å². The van der Waals surface area contributed by atoms with E-state index < -0.39 is 12.0 Å². The number of nitrogens with one attached hydrogen (secondary N) is 1. The SMILES string of the molecule is Cc1cnc(C)c(N2CCN(C(=O)N[C@@H](Cc3ccccc3)C(=O)O)CC2)n1. The van der Waals surface area contributed by atoms with Crippen molar-refractivity contribution in [1.82, 2.24) is 20.2 Å². The Morgan fingerprint density at radius 1 is 1.14 bits per heavy atom. The number of piperazine rings is 1. The Kier molecular flexibility index (Phi) is 6.08. The second-order valence-corrected chi connectivity index (χ2v) is 6.92. The number of carbonyl (C=O) groups is 2. The molecule has 0 spiro atoms. The van der Waals surface area contributed by atoms with E-state index in [-0.39, 0.29) is 12.5 Å². The Morgan fingerprint density at radius 2 is 1.82 bits per heavy atom. The maximum atomic E-state index is 12.6. The number of benzene rings is 1. The molecule has 1 aliphatic heterocycles. The summed E-state index contributed by atoms with van der Waals surface area (Å²) >= 11 is 0. The summed E-state index contributed by atoms with van der Waals surface area (Å²) in [5.41, 5.74) is 2.58. The van der Waals surface area contributed by atoms with Crippen molar-refractivity contribution < 1.29 is 14.7 Å². The van der Waals surface area contributed by atoms with Gasteiger partial charge in [-0.15, -0.1) is 0 Å². The summed E-state index contributed by atoms with van der Waals surface area (Å²) in [5, 5.41) is 12.1. The lowest BCUT2D eigenvalue weighted by Gasteiger charge is -2.36. The van der Waals surface area contributed by atoms with Crippen LogP contribution in [-0.4, -0.2) is 64.2 Å². The van der Waals surface area contributed by atoms with Gasteiger partial charge in [0.1, 0.15) is 11.9 Å². The Bertz CT molecular complexity index is 835. The van der Waals surface area contributed by atoms with Gasteiger partial charge < -0.3 is 20.2 Å². The van der Waals surface area contributed by atoms with E-state index in [1.165, 1.54) is 0 Å². The maximum Gasteiger partial charge on any atom is 0.326 e. The summed E-state index contributed by atoms with van der Waals surface area (Å²) < 4.78 is 0. The predicted molar refractivity (Wildman–Crippen MR) is 105 cm³/mol. The van der Waals surface area contributed by atoms with Gasteiger partial charge in [0.2, 0.25) is 0 Å². The van der Waals surface area contributed by atoms with Gasteiger partial charge in [-0.3, -0.25) is 4.98 Å². The van der Waals surface area contributed by atoms with Gasteiger partial charge in [0, 0.05) is 38.8 Å². The molecule has 0 unspecified atom stereocenters. The van der Waals surface area contributed by atoms with Gasteiger partial charge >= 0.3 is 12.0 Å². The molecule has 0 aliphatic carbocycles. The van der Waals surface area contributed by atoms with Gasteiger partial charge in [-0.05, 0) is 19.4 Å². The highest BCUT2D eigenvalue weighted by atomic mass is 16.4. The van der Waals surface area contributed by atoms with Crippen LogP contribution in [-0.2, 0) is 11.2 Å². The quantitative estimate of drug-likeness (QED) is 0.814. The molecule has 2 N–H and O–H groups in total. The topological polar surface area (TPSA) is 98.7 Å². The number of nitrogens with zero attached hydrogens (tertiary/aromatic N) is 4. The van der Waals surface area contributed by atoms with Crippen LogP contribution in [0, 0.1) is 13.8 Å². The molecule has 2 amide bonds. The number of aromatic nitrogens is 2. The number of hydrogen-bond donors (Lipinski definition) is 2. The van der Waals surface area contributed by atoms with Crippen molar-refractivity contribution in [3.63, 3.8) is 0 Å². The molecule has 1 saturated heterocycles. The van der Waals surface area contributed by atoms with Gasteiger partial charge in [-0.2, -0.15) is 0 Å². The number of carboxylic acids is 1. The first-order chi connectivity index (χ1) is 13.4. The van der Waals surface area contributed by atoms with E-state index >= 15 is 0 Å². The third kappa shape index (κ3) is 4.76. The van der Waals surface area contributed by atoms with Crippen molar-refractivity contribution in [2.75, 3.05) is 31.1 Å². The van der Waals surface area contributed by atoms with Crippen molar-refractivity contribution in [1.29, 1.82) is 0 Å². The molecule has 2 heterocycles. The van der Waals surface area contributed by atoms with E-state index in [4.69, 9.17) is 0 Å². The Morgan fingerprint density at radius 3 is 2.46 bits per heavy atom. The first-order valence-electron chi connectivity index (χ1n) is 9.31. The van der Waals surface area contributed by atoms with Crippen LogP contribution >= 0.6 is 0 Å². The van der Waals surface area contributed by atoms with Gasteiger partial charge in [0.15, 0.2) is 0 Å². The van der Waals surface area contributed by atoms with E-state index in [0.29, 0.717) is 26.2 Å². The van der Waals surface area contributed by atoms with Crippen LogP contribution < -0.4 is 10.2 Å². The van der Waals surface area contributed by atoms with Crippen LogP contribution in [0.15, 0.2) is 36.5 Å². The van der Waals surface area contributed by atoms with Gasteiger partial charge in [-0.25, -0.2) is 14.6 Å². The fraction of sp³-hybridized carbons (Fsp3) is 0.400. The number of aryl methyl sites for hydroxylation is 2. The summed E-state index contributed by atoms with van der Waals surface area (Å²) in [4.78, 5) is 36.8. The second kappa shape index (κ2) is 8.69. The van der Waals surface area contributed by atoms with Crippen LogP contribution in [0.25, 0.3) is 0 Å². The fourth-order valence-corrected chi connectivity index (χ4v) is 3.24. The lowest BCUT2D eigenvalue weighted by atomic mass is 10.1. The molecular formula is C20H25N5O3. The minimum Gasteiger partial charge on any atom is -0.480 e. The highest BCUT2D eigenvalue weighted by molar-refractivity contribution is 5.83. The third-order valence-electron chi connectivity index (χ3n) is 4.80. The summed E-state index contributed by atoms with van der Waals surface area (Å²) in [5.74, 6) is -0.200. The Hall–Kier alpha value is -3.16. The number of hydrogen-bond acceptors (Lipinski definition) is 5. The monoisotopic (exact) mass is 383 g/mol. The number of carboxylic acid groups (broad SMARTS) is 1. The predicted octanol–water partition coefficient (Wildman–Crippen LogP) is 1.62. The summed E-state index contributed by atoms with van der Waals surface area (Å²) in [7, 11) is 0. The Balaban J connectivity index is 1.58. The molecule has 3 rings (SSSR count). The molecule has 0 bridgehead atoms. The third-order valence-corrected chi connectivity index (χ3v) is 4.80. The second-order valence-electron chi connectivity index (χ2n) is 6.92. The molecule has 8 heteroatoms. The molecule has 1 fully saturated rings. The van der Waals surface area contributed by atoms with E-state index in [0.717, 1.165) is 22.8 Å². The Labute approximate surface area is 164 Å². The molecule has 0 saturated carbocycles. The lowest BCUT2D eigenvalue weighted by molar-refractivity contribution is -0.139. The minimum atomic E-state index is -1.04. The molecule has 148 valence electrons. The van der Waals surface area contributed by atoms with Gasteiger partial charge in [-0.1, -0.05) is 30.3 Å². The molecule has 0 radical (unpaired) electrons. The van der Waals surface area contributed by atoms with Crippen LogP contribution in [0.1, 0.15) is 17.0 Å². The van der Waals surface area contributed by atoms with Crippen LogP contribution in [0.4, 0.5) is 10.6 Å². The van der Waals surface area contributed by atoms with Crippen molar-refractivity contribution in [3.8, 4) is 0 Å². The van der Waals surface area contributed by atoms with E-state index in [9.17, 15) is 14.7 Å². The summed E-state index contributed by atoms with van der Waals surface area (Å²) in [6, 6.07) is 7.97. The molecule has 1 aromatic carbocycles. The van der Waals surface area contributed by atoms with Gasteiger partial charge in [0.25, 0.3) is 0 Å². The zero-order valence-corrected chi connectivity index (χ0v) is 16.1. The van der Waals surface area contributed by atoms with E-state index in [1.54, 1.807) is 11.1 Å². The van der Waals surface area contributed by atoms with Crippen LogP contribution in [0.3, 0.4) is 0 Å². The highest BCUT2D eigenvalue weighted by Gasteiger charge is 2.27. The zero-order valence-electron chi connectivity index (χ0n) is 16.1. The maximum absolute atomic E-state index is 12.6. The lowest BCUT2D eigenvalue weighted by Crippen LogP contribution is -2.55. The molecule has 28 heavy (non-hydrogen) atoms. The molecule has 8 nitrogen and oxygen atoms in total. The van der Waals surface area contributed by atoms with E-state index in [2.05, 4.69) is 20.2 Å². The average Bonchev–Trinajstić information content (AvgIpc) is 2.70. The number of urea groups is 1. The number of amides is 2. The van der Waals surface area contributed by atoms with Crippen molar-refractivity contribution in [2.45, 2.75) is 26.3 Å². The first-order valence-corrected chi connectivity index (χ1v) is 9.31. The average molecular weight is 383 g/mol. The minimum absolute atomic E-state index is 0.250. The van der Waals surface area contributed by atoms with Crippen LogP contribution in [0.2, 0.25) is 0 Å². The molecular weight excluding hydrogens is 358 g/mol. The first kappa shape index (κ1) is 19.6. The summed E-state index contributed by atoms with van der Waals surface area (Å²) in [6.45, 7) is 6.07. The van der Waals surface area contributed by atoms with Crippen LogP contribution in [0.5, 0.6) is 0 Å². The fourth-order valence-electron chi connectivity index (χ4n) is 3.24. The normalized spacial score (nSPS) is 15.2. The van der Waals surface area contributed by atoms with E-state index in [1.807, 2.05) is 44.2 Å². The van der Waals surface area contributed by atoms with Crippen molar-refractivity contribution in [3.05, 3.63) is 53.5 Å². The smallest absolute Gasteiger partial charge is 0.326 e. The molecule has 1 aliphatic rings. The number of anilines is 1. The molecule has 1 aromatic heterocycles. The van der Waals surface area contributed by atoms with Crippen molar-refractivity contribution in [2.24, 2.45) is 0 Å². The highest BCUT2D eigenvalue weighted by Crippen LogP contribution is 2.17. The number of carbonyl (C=O) groups excluding carboxylic acids is 1. The summed E-state index contributed by atoms with van der Waals surface area (Å²) in [6.07, 6.45) is 1.99. The number of rotatable bonds is 5. The van der Waals surface area contributed by atoms with Crippen molar-refractivity contribution >= 4 is 17.8 Å².